The zero-order valence-electron chi connectivity index (χ0n) is 8.38. The van der Waals surface area contributed by atoms with Crippen LogP contribution in [0, 0.1) is 0 Å². The average Bonchev–Trinajstić information content (AvgIpc) is 2.29. The second kappa shape index (κ2) is 6.64. The number of aliphatic hydroxyl groups excluding tert-OH is 2. The van der Waals surface area contributed by atoms with Crippen molar-refractivity contribution >= 4 is 34.8 Å². The van der Waals surface area contributed by atoms with Gasteiger partial charge in [0, 0.05) is 17.1 Å². The highest BCUT2D eigenvalue weighted by atomic mass is 35.5. The standard InChI is InChI=1S/C10H12Cl3NO2/c11-8-1-2-9(12)10(13)7(8)3-14-6(4-15)5-16/h1-2,6,14-16H,3-5H2. The van der Waals surface area contributed by atoms with Crippen molar-refractivity contribution in [3.05, 3.63) is 32.8 Å². The maximum Gasteiger partial charge on any atom is 0.0652 e. The summed E-state index contributed by atoms with van der Waals surface area (Å²) < 4.78 is 0. The van der Waals surface area contributed by atoms with Crippen molar-refractivity contribution < 1.29 is 10.2 Å². The van der Waals surface area contributed by atoms with Gasteiger partial charge in [0.2, 0.25) is 0 Å². The molecule has 90 valence electrons. The van der Waals surface area contributed by atoms with Crippen LogP contribution in [0.15, 0.2) is 12.1 Å². The first-order valence-corrected chi connectivity index (χ1v) is 5.81. The molecule has 0 bridgehead atoms. The van der Waals surface area contributed by atoms with Crippen molar-refractivity contribution in [1.29, 1.82) is 0 Å². The molecule has 1 rings (SSSR count). The lowest BCUT2D eigenvalue weighted by atomic mass is 10.2. The smallest absolute Gasteiger partial charge is 0.0652 e. The van der Waals surface area contributed by atoms with E-state index >= 15 is 0 Å². The number of hydrogen-bond donors (Lipinski definition) is 3. The molecule has 3 nitrogen and oxygen atoms in total. The second-order valence-electron chi connectivity index (χ2n) is 3.26. The van der Waals surface area contributed by atoms with Crippen LogP contribution in [-0.4, -0.2) is 29.5 Å². The largest absolute Gasteiger partial charge is 0.395 e. The lowest BCUT2D eigenvalue weighted by molar-refractivity contribution is 0.170. The summed E-state index contributed by atoms with van der Waals surface area (Å²) in [5.74, 6) is 0. The molecular weight excluding hydrogens is 272 g/mol. The Bertz CT molecular complexity index is 356. The van der Waals surface area contributed by atoms with E-state index in [9.17, 15) is 0 Å². The number of benzene rings is 1. The van der Waals surface area contributed by atoms with Crippen LogP contribution < -0.4 is 5.32 Å². The highest BCUT2D eigenvalue weighted by Crippen LogP contribution is 2.31. The molecule has 16 heavy (non-hydrogen) atoms. The summed E-state index contributed by atoms with van der Waals surface area (Å²) in [4.78, 5) is 0. The van der Waals surface area contributed by atoms with E-state index in [0.717, 1.165) is 0 Å². The fourth-order valence-electron chi connectivity index (χ4n) is 1.16. The predicted octanol–water partition coefficient (Wildman–Crippen LogP) is 2.09. The van der Waals surface area contributed by atoms with Gasteiger partial charge >= 0.3 is 0 Å². The Morgan fingerprint density at radius 1 is 1.06 bits per heavy atom. The van der Waals surface area contributed by atoms with Crippen LogP contribution in [0.2, 0.25) is 15.1 Å². The number of hydrogen-bond acceptors (Lipinski definition) is 3. The van der Waals surface area contributed by atoms with E-state index in [-0.39, 0.29) is 13.2 Å². The van der Waals surface area contributed by atoms with Gasteiger partial charge in [0.05, 0.1) is 29.3 Å². The molecule has 0 aliphatic rings. The van der Waals surface area contributed by atoms with Crippen molar-refractivity contribution in [2.24, 2.45) is 0 Å². The van der Waals surface area contributed by atoms with Gasteiger partial charge < -0.3 is 15.5 Å². The lowest BCUT2D eigenvalue weighted by Gasteiger charge is -2.15. The third-order valence-corrected chi connectivity index (χ3v) is 3.34. The van der Waals surface area contributed by atoms with E-state index in [4.69, 9.17) is 45.0 Å². The van der Waals surface area contributed by atoms with Gasteiger partial charge in [0.1, 0.15) is 0 Å². The fourth-order valence-corrected chi connectivity index (χ4v) is 1.85. The quantitative estimate of drug-likeness (QED) is 0.726. The van der Waals surface area contributed by atoms with E-state index < -0.39 is 6.04 Å². The van der Waals surface area contributed by atoms with Crippen LogP contribution in [0.4, 0.5) is 0 Å². The maximum atomic E-state index is 8.88. The maximum absolute atomic E-state index is 8.88. The van der Waals surface area contributed by atoms with Gasteiger partial charge in [-0.05, 0) is 12.1 Å². The zero-order chi connectivity index (χ0) is 12.1. The van der Waals surface area contributed by atoms with Gasteiger partial charge in [-0.15, -0.1) is 0 Å². The number of aliphatic hydroxyl groups is 2. The van der Waals surface area contributed by atoms with E-state index in [0.29, 0.717) is 27.2 Å². The third kappa shape index (κ3) is 3.48. The molecule has 1 aromatic rings. The molecule has 0 saturated heterocycles. The van der Waals surface area contributed by atoms with Gasteiger partial charge in [0.15, 0.2) is 0 Å². The topological polar surface area (TPSA) is 52.5 Å². The zero-order valence-corrected chi connectivity index (χ0v) is 10.6. The first kappa shape index (κ1) is 14.0. The number of rotatable bonds is 5. The molecule has 0 heterocycles. The van der Waals surface area contributed by atoms with Gasteiger partial charge in [0.25, 0.3) is 0 Å². The molecule has 0 spiro atoms. The molecule has 0 aromatic heterocycles. The van der Waals surface area contributed by atoms with Crippen LogP contribution in [0.25, 0.3) is 0 Å². The van der Waals surface area contributed by atoms with Crippen LogP contribution in [0.5, 0.6) is 0 Å². The summed E-state index contributed by atoms with van der Waals surface area (Å²) >= 11 is 17.8. The van der Waals surface area contributed by atoms with Crippen molar-refractivity contribution in [2.75, 3.05) is 13.2 Å². The van der Waals surface area contributed by atoms with Crippen molar-refractivity contribution in [3.8, 4) is 0 Å². The van der Waals surface area contributed by atoms with Crippen molar-refractivity contribution in [3.63, 3.8) is 0 Å². The predicted molar refractivity (Wildman–Crippen MR) is 66.3 cm³/mol. The van der Waals surface area contributed by atoms with Crippen LogP contribution in [-0.2, 0) is 6.54 Å². The Labute approximate surface area is 109 Å². The summed E-state index contributed by atoms with van der Waals surface area (Å²) in [7, 11) is 0. The van der Waals surface area contributed by atoms with Crippen LogP contribution >= 0.6 is 34.8 Å². The van der Waals surface area contributed by atoms with Gasteiger partial charge in [-0.2, -0.15) is 0 Å². The molecule has 6 heteroatoms. The highest BCUT2D eigenvalue weighted by Gasteiger charge is 2.11. The summed E-state index contributed by atoms with van der Waals surface area (Å²) in [5, 5.41) is 22.0. The highest BCUT2D eigenvalue weighted by molar-refractivity contribution is 6.44. The molecule has 0 radical (unpaired) electrons. The molecule has 0 unspecified atom stereocenters. The fraction of sp³-hybridized carbons (Fsp3) is 0.400. The van der Waals surface area contributed by atoms with Crippen LogP contribution in [0.1, 0.15) is 5.56 Å². The Hall–Kier alpha value is -0.0300. The average molecular weight is 285 g/mol. The summed E-state index contributed by atoms with van der Waals surface area (Å²) in [6.45, 7) is 0.0165. The van der Waals surface area contributed by atoms with Crippen molar-refractivity contribution in [1.82, 2.24) is 5.32 Å². The van der Waals surface area contributed by atoms with Crippen molar-refractivity contribution in [2.45, 2.75) is 12.6 Å². The monoisotopic (exact) mass is 283 g/mol. The molecule has 0 fully saturated rings. The van der Waals surface area contributed by atoms with Gasteiger partial charge in [-0.25, -0.2) is 0 Å². The third-order valence-electron chi connectivity index (χ3n) is 2.15. The van der Waals surface area contributed by atoms with E-state index in [1.165, 1.54) is 0 Å². The molecule has 0 saturated carbocycles. The first-order chi connectivity index (χ1) is 7.60. The minimum atomic E-state index is -0.397. The van der Waals surface area contributed by atoms with Gasteiger partial charge in [-0.1, -0.05) is 34.8 Å². The SMILES string of the molecule is OCC(CO)NCc1c(Cl)ccc(Cl)c1Cl. The molecule has 0 amide bonds. The number of halogens is 3. The van der Waals surface area contributed by atoms with E-state index in [2.05, 4.69) is 5.32 Å². The first-order valence-electron chi connectivity index (χ1n) is 4.67. The summed E-state index contributed by atoms with van der Waals surface area (Å²) in [5.41, 5.74) is 0.655. The minimum absolute atomic E-state index is 0.160. The second-order valence-corrected chi connectivity index (χ2v) is 4.46. The molecule has 0 atom stereocenters. The molecule has 0 aliphatic heterocycles. The lowest BCUT2D eigenvalue weighted by Crippen LogP contribution is -2.35. The Balaban J connectivity index is 2.77. The summed E-state index contributed by atoms with van der Waals surface area (Å²) in [6.07, 6.45) is 0. The van der Waals surface area contributed by atoms with Crippen LogP contribution in [0.3, 0.4) is 0 Å². The van der Waals surface area contributed by atoms with E-state index in [1.807, 2.05) is 0 Å². The molecule has 3 N–H and O–H groups in total. The summed E-state index contributed by atoms with van der Waals surface area (Å²) in [6, 6.07) is 2.87. The minimum Gasteiger partial charge on any atom is -0.395 e. The Morgan fingerprint density at radius 3 is 2.19 bits per heavy atom. The normalized spacial score (nSPS) is 11.1. The molecule has 1 aromatic carbocycles. The van der Waals surface area contributed by atoms with Gasteiger partial charge in [-0.3, -0.25) is 0 Å². The molecular formula is C10H12Cl3NO2. The Morgan fingerprint density at radius 2 is 1.62 bits per heavy atom. The number of nitrogens with one attached hydrogen (secondary N) is 1. The molecule has 0 aliphatic carbocycles. The Kier molecular flexibility index (Phi) is 5.83. The van der Waals surface area contributed by atoms with E-state index in [1.54, 1.807) is 12.1 Å².